The fraction of sp³-hybridized carbons (Fsp3) is 0.364. The van der Waals surface area contributed by atoms with Gasteiger partial charge in [0.25, 0.3) is 5.69 Å². The Kier molecular flexibility index (Phi) is 4.31. The maximum absolute atomic E-state index is 13.2. The van der Waals surface area contributed by atoms with Crippen LogP contribution in [0.25, 0.3) is 0 Å². The number of carboxylic acid groups (broad SMARTS) is 1. The molecule has 0 heterocycles. The normalized spacial score (nSPS) is 11.2. The Balaban J connectivity index is 3.04. The summed E-state index contributed by atoms with van der Waals surface area (Å²) in [6.07, 6.45) is 0. The van der Waals surface area contributed by atoms with Crippen LogP contribution in [0.2, 0.25) is 5.02 Å². The van der Waals surface area contributed by atoms with Gasteiger partial charge in [0, 0.05) is 6.54 Å². The number of benzene rings is 1. The van der Waals surface area contributed by atoms with Crippen molar-refractivity contribution >= 4 is 28.9 Å². The third-order valence-electron chi connectivity index (χ3n) is 2.54. The predicted octanol–water partition coefficient (Wildman–Crippen LogP) is 2.91. The summed E-state index contributed by atoms with van der Waals surface area (Å²) < 4.78 is 13.2. The second-order valence-corrected chi connectivity index (χ2v) is 4.99. The minimum Gasteiger partial charge on any atom is -0.481 e. The highest BCUT2D eigenvalue weighted by molar-refractivity contribution is 6.31. The predicted molar refractivity (Wildman–Crippen MR) is 68.0 cm³/mol. The number of nitro groups is 1. The van der Waals surface area contributed by atoms with Crippen LogP contribution in [0, 0.1) is 21.3 Å². The second-order valence-electron chi connectivity index (χ2n) is 4.58. The summed E-state index contributed by atoms with van der Waals surface area (Å²) in [5.74, 6) is -1.97. The quantitative estimate of drug-likeness (QED) is 0.642. The Labute approximate surface area is 113 Å². The van der Waals surface area contributed by atoms with Gasteiger partial charge in [0.05, 0.1) is 21.4 Å². The van der Waals surface area contributed by atoms with Crippen molar-refractivity contribution in [2.75, 3.05) is 11.9 Å². The number of rotatable bonds is 5. The number of nitrogens with zero attached hydrogens (tertiary/aromatic N) is 1. The number of carbonyl (C=O) groups is 1. The molecule has 0 unspecified atom stereocenters. The van der Waals surface area contributed by atoms with Crippen molar-refractivity contribution in [2.24, 2.45) is 5.41 Å². The molecule has 1 rings (SSSR count). The molecule has 0 fully saturated rings. The fourth-order valence-electron chi connectivity index (χ4n) is 1.22. The average Bonchev–Trinajstić information content (AvgIpc) is 2.29. The Morgan fingerprint density at radius 3 is 2.63 bits per heavy atom. The summed E-state index contributed by atoms with van der Waals surface area (Å²) in [7, 11) is 0. The number of halogens is 2. The summed E-state index contributed by atoms with van der Waals surface area (Å²) in [5.41, 5.74) is -1.65. The molecular formula is C11H12ClFN2O4. The summed E-state index contributed by atoms with van der Waals surface area (Å²) in [4.78, 5) is 20.9. The Bertz CT molecular complexity index is 534. The van der Waals surface area contributed by atoms with Crippen molar-refractivity contribution < 1.29 is 19.2 Å². The molecule has 104 valence electrons. The summed E-state index contributed by atoms with van der Waals surface area (Å²) in [6.45, 7) is 2.85. The molecule has 0 radical (unpaired) electrons. The minimum atomic E-state index is -1.13. The molecule has 6 nitrogen and oxygen atoms in total. The number of carboxylic acids is 1. The Morgan fingerprint density at radius 2 is 2.16 bits per heavy atom. The molecule has 0 aliphatic rings. The van der Waals surface area contributed by atoms with Crippen LogP contribution < -0.4 is 5.32 Å². The van der Waals surface area contributed by atoms with E-state index in [1.807, 2.05) is 0 Å². The maximum Gasteiger partial charge on any atom is 0.310 e. The zero-order valence-corrected chi connectivity index (χ0v) is 11.0. The van der Waals surface area contributed by atoms with E-state index < -0.39 is 27.8 Å². The summed E-state index contributed by atoms with van der Waals surface area (Å²) in [6, 6.07) is 1.76. The molecule has 19 heavy (non-hydrogen) atoms. The van der Waals surface area contributed by atoms with Crippen LogP contribution in [0.3, 0.4) is 0 Å². The molecular weight excluding hydrogens is 279 g/mol. The molecule has 0 amide bonds. The minimum absolute atomic E-state index is 0.0225. The van der Waals surface area contributed by atoms with E-state index in [2.05, 4.69) is 5.32 Å². The molecule has 0 atom stereocenters. The number of anilines is 1. The van der Waals surface area contributed by atoms with Crippen molar-refractivity contribution in [3.05, 3.63) is 33.1 Å². The van der Waals surface area contributed by atoms with Crippen LogP contribution in [0.15, 0.2) is 12.1 Å². The topological polar surface area (TPSA) is 92.5 Å². The van der Waals surface area contributed by atoms with Crippen LogP contribution in [-0.4, -0.2) is 22.5 Å². The monoisotopic (exact) mass is 290 g/mol. The van der Waals surface area contributed by atoms with Gasteiger partial charge in [-0.25, -0.2) is 4.39 Å². The standard InChI is InChI=1S/C11H12ClFN2O4/c1-11(2,10(16)17)5-14-8-3-6(12)7(13)4-9(8)15(18)19/h3-4,14H,5H2,1-2H3,(H,16,17). The molecule has 8 heteroatoms. The highest BCUT2D eigenvalue weighted by atomic mass is 35.5. The third-order valence-corrected chi connectivity index (χ3v) is 2.82. The Hall–Kier alpha value is -1.89. The molecule has 0 saturated carbocycles. The molecule has 1 aromatic rings. The van der Waals surface area contributed by atoms with Gasteiger partial charge in [-0.15, -0.1) is 0 Å². The highest BCUT2D eigenvalue weighted by Crippen LogP contribution is 2.31. The first-order valence-corrected chi connectivity index (χ1v) is 5.63. The van der Waals surface area contributed by atoms with Crippen molar-refractivity contribution in [1.29, 1.82) is 0 Å². The van der Waals surface area contributed by atoms with Crippen LogP contribution in [0.5, 0.6) is 0 Å². The zero-order chi connectivity index (χ0) is 14.8. The Morgan fingerprint density at radius 1 is 1.58 bits per heavy atom. The molecule has 0 aromatic heterocycles. The van der Waals surface area contributed by atoms with Crippen molar-refractivity contribution in [3.8, 4) is 0 Å². The molecule has 0 aliphatic carbocycles. The van der Waals surface area contributed by atoms with Crippen molar-refractivity contribution in [1.82, 2.24) is 0 Å². The third kappa shape index (κ3) is 3.54. The molecule has 2 N–H and O–H groups in total. The van der Waals surface area contributed by atoms with Gasteiger partial charge in [-0.3, -0.25) is 14.9 Å². The van der Waals surface area contributed by atoms with Crippen LogP contribution in [-0.2, 0) is 4.79 Å². The van der Waals surface area contributed by atoms with E-state index in [0.717, 1.165) is 6.07 Å². The van der Waals surface area contributed by atoms with Crippen LogP contribution >= 0.6 is 11.6 Å². The lowest BCUT2D eigenvalue weighted by atomic mass is 9.94. The average molecular weight is 291 g/mol. The summed E-state index contributed by atoms with van der Waals surface area (Å²) >= 11 is 5.55. The van der Waals surface area contributed by atoms with Crippen molar-refractivity contribution in [3.63, 3.8) is 0 Å². The molecule has 0 spiro atoms. The van der Waals surface area contributed by atoms with Gasteiger partial charge in [-0.1, -0.05) is 11.6 Å². The first kappa shape index (κ1) is 15.2. The first-order chi connectivity index (χ1) is 8.65. The number of hydrogen-bond donors (Lipinski definition) is 2. The summed E-state index contributed by atoms with van der Waals surface area (Å²) in [5, 5.41) is 22.1. The fourth-order valence-corrected chi connectivity index (χ4v) is 1.38. The van der Waals surface area contributed by atoms with Gasteiger partial charge >= 0.3 is 5.97 Å². The molecule has 0 aliphatic heterocycles. The smallest absolute Gasteiger partial charge is 0.310 e. The van der Waals surface area contributed by atoms with Crippen LogP contribution in [0.1, 0.15) is 13.8 Å². The zero-order valence-electron chi connectivity index (χ0n) is 10.2. The first-order valence-electron chi connectivity index (χ1n) is 5.26. The van der Waals surface area contributed by atoms with Gasteiger partial charge in [0.1, 0.15) is 11.5 Å². The van der Waals surface area contributed by atoms with Crippen molar-refractivity contribution in [2.45, 2.75) is 13.8 Å². The van der Waals surface area contributed by atoms with Gasteiger partial charge in [-0.05, 0) is 19.9 Å². The van der Waals surface area contributed by atoms with E-state index in [9.17, 15) is 19.3 Å². The van der Waals surface area contributed by atoms with E-state index in [4.69, 9.17) is 16.7 Å². The molecule has 0 saturated heterocycles. The number of aliphatic carboxylic acids is 1. The van der Waals surface area contributed by atoms with Gasteiger partial charge in [0.2, 0.25) is 0 Å². The second kappa shape index (κ2) is 5.40. The van der Waals surface area contributed by atoms with Gasteiger partial charge in [-0.2, -0.15) is 0 Å². The number of nitro benzene ring substituents is 1. The number of hydrogen-bond acceptors (Lipinski definition) is 4. The maximum atomic E-state index is 13.2. The number of nitrogens with one attached hydrogen (secondary N) is 1. The van der Waals surface area contributed by atoms with E-state index in [0.29, 0.717) is 6.07 Å². The van der Waals surface area contributed by atoms with E-state index >= 15 is 0 Å². The van der Waals surface area contributed by atoms with Crippen LogP contribution in [0.4, 0.5) is 15.8 Å². The lowest BCUT2D eigenvalue weighted by molar-refractivity contribution is -0.384. The van der Waals surface area contributed by atoms with Gasteiger partial charge in [0.15, 0.2) is 0 Å². The molecule has 0 bridgehead atoms. The molecule has 1 aromatic carbocycles. The largest absolute Gasteiger partial charge is 0.481 e. The van der Waals surface area contributed by atoms with Gasteiger partial charge < -0.3 is 10.4 Å². The highest BCUT2D eigenvalue weighted by Gasteiger charge is 2.28. The van der Waals surface area contributed by atoms with E-state index in [1.54, 1.807) is 0 Å². The lowest BCUT2D eigenvalue weighted by Gasteiger charge is -2.20. The lowest BCUT2D eigenvalue weighted by Crippen LogP contribution is -2.31. The van der Waals surface area contributed by atoms with E-state index in [1.165, 1.54) is 13.8 Å². The SMILES string of the molecule is CC(C)(CNc1cc(Cl)c(F)cc1[N+](=O)[O-])C(=O)O. The van der Waals surface area contributed by atoms with E-state index in [-0.39, 0.29) is 17.3 Å².